The van der Waals surface area contributed by atoms with Gasteiger partial charge in [0.2, 0.25) is 0 Å². The number of carbonyl (C=O) groups is 2. The average molecular weight is 394 g/mol. The summed E-state index contributed by atoms with van der Waals surface area (Å²) < 4.78 is 5.76. The molecule has 6 heteroatoms. The number of carboxylic acids is 1. The van der Waals surface area contributed by atoms with E-state index in [1.807, 2.05) is 31.2 Å². The van der Waals surface area contributed by atoms with Gasteiger partial charge < -0.3 is 14.7 Å². The van der Waals surface area contributed by atoms with Crippen molar-refractivity contribution in [2.24, 2.45) is 0 Å². The molecular formula is C23H26N2O4. The van der Waals surface area contributed by atoms with Crippen molar-refractivity contribution in [3.8, 4) is 11.1 Å². The van der Waals surface area contributed by atoms with Gasteiger partial charge in [-0.05, 0) is 29.2 Å². The van der Waals surface area contributed by atoms with Crippen LogP contribution in [0, 0.1) is 0 Å². The van der Waals surface area contributed by atoms with Crippen molar-refractivity contribution in [1.82, 2.24) is 9.80 Å². The standard InChI is InChI=1S/C23H26N2O4/c1-16-14-24(11-10-22(26)27)12-13-25(16)23(28)29-15-21-19-8-4-2-6-17(19)18-7-3-5-9-20(18)21/h2-9,16,21H,10-15H2,1H3,(H,26,27). The third-order valence-corrected chi connectivity index (χ3v) is 5.92. The number of benzene rings is 2. The minimum atomic E-state index is -0.795. The highest BCUT2D eigenvalue weighted by atomic mass is 16.6. The molecule has 2 aromatic carbocycles. The van der Waals surface area contributed by atoms with E-state index in [2.05, 4.69) is 29.2 Å². The van der Waals surface area contributed by atoms with Crippen LogP contribution in [0.3, 0.4) is 0 Å². The van der Waals surface area contributed by atoms with Crippen LogP contribution in [0.2, 0.25) is 0 Å². The van der Waals surface area contributed by atoms with Gasteiger partial charge in [0.15, 0.2) is 0 Å². The number of nitrogens with zero attached hydrogens (tertiary/aromatic N) is 2. The molecule has 1 fully saturated rings. The topological polar surface area (TPSA) is 70.1 Å². The predicted molar refractivity (Wildman–Crippen MR) is 110 cm³/mol. The second-order valence-corrected chi connectivity index (χ2v) is 7.79. The van der Waals surface area contributed by atoms with Gasteiger partial charge in [-0.25, -0.2) is 4.79 Å². The van der Waals surface area contributed by atoms with Gasteiger partial charge in [0.25, 0.3) is 0 Å². The fourth-order valence-corrected chi connectivity index (χ4v) is 4.44. The number of aliphatic carboxylic acids is 1. The van der Waals surface area contributed by atoms with Crippen molar-refractivity contribution >= 4 is 12.1 Å². The fourth-order valence-electron chi connectivity index (χ4n) is 4.44. The molecule has 2 aliphatic rings. The number of ether oxygens (including phenoxy) is 1. The van der Waals surface area contributed by atoms with Gasteiger partial charge in [0, 0.05) is 38.1 Å². The van der Waals surface area contributed by atoms with Crippen LogP contribution in [0.1, 0.15) is 30.4 Å². The minimum absolute atomic E-state index is 0.00630. The molecule has 0 aromatic heterocycles. The lowest BCUT2D eigenvalue weighted by molar-refractivity contribution is -0.137. The van der Waals surface area contributed by atoms with E-state index in [1.165, 1.54) is 22.3 Å². The number of hydrogen-bond donors (Lipinski definition) is 1. The molecule has 1 amide bonds. The Morgan fingerprint density at radius 1 is 1.03 bits per heavy atom. The van der Waals surface area contributed by atoms with E-state index in [0.717, 1.165) is 0 Å². The normalized spacial score (nSPS) is 18.9. The molecule has 1 N–H and O–H groups in total. The number of carbonyl (C=O) groups excluding carboxylic acids is 1. The molecular weight excluding hydrogens is 368 g/mol. The first kappa shape index (κ1) is 19.5. The highest BCUT2D eigenvalue weighted by Gasteiger charge is 2.32. The lowest BCUT2D eigenvalue weighted by Gasteiger charge is -2.39. The Labute approximate surface area is 170 Å². The van der Waals surface area contributed by atoms with Gasteiger partial charge in [-0.1, -0.05) is 48.5 Å². The first-order valence-electron chi connectivity index (χ1n) is 10.1. The van der Waals surface area contributed by atoms with Crippen molar-refractivity contribution in [3.05, 3.63) is 59.7 Å². The molecule has 4 rings (SSSR count). The molecule has 1 unspecified atom stereocenters. The van der Waals surface area contributed by atoms with E-state index in [0.29, 0.717) is 32.8 Å². The Kier molecular flexibility index (Phi) is 5.53. The number of carboxylic acid groups (broad SMARTS) is 1. The molecule has 0 saturated carbocycles. The number of fused-ring (bicyclic) bond motifs is 3. The SMILES string of the molecule is CC1CN(CCC(=O)O)CCN1C(=O)OCC1c2ccccc2-c2ccccc21. The molecule has 152 valence electrons. The van der Waals surface area contributed by atoms with Gasteiger partial charge >= 0.3 is 12.1 Å². The van der Waals surface area contributed by atoms with Crippen LogP contribution in [0.25, 0.3) is 11.1 Å². The molecule has 1 aliphatic heterocycles. The zero-order valence-electron chi connectivity index (χ0n) is 16.6. The predicted octanol–water partition coefficient (Wildman–Crippen LogP) is 3.42. The van der Waals surface area contributed by atoms with Crippen LogP contribution in [-0.4, -0.2) is 65.8 Å². The molecule has 1 atom stereocenters. The van der Waals surface area contributed by atoms with Crippen LogP contribution in [0.15, 0.2) is 48.5 Å². The summed E-state index contributed by atoms with van der Waals surface area (Å²) >= 11 is 0. The summed E-state index contributed by atoms with van der Waals surface area (Å²) in [5.41, 5.74) is 4.83. The van der Waals surface area contributed by atoms with E-state index in [9.17, 15) is 9.59 Å². The van der Waals surface area contributed by atoms with E-state index in [-0.39, 0.29) is 24.5 Å². The van der Waals surface area contributed by atoms with Crippen LogP contribution in [0.4, 0.5) is 4.79 Å². The van der Waals surface area contributed by atoms with Crippen LogP contribution >= 0.6 is 0 Å². The summed E-state index contributed by atoms with van der Waals surface area (Å²) in [7, 11) is 0. The third-order valence-electron chi connectivity index (χ3n) is 5.92. The highest BCUT2D eigenvalue weighted by Crippen LogP contribution is 2.44. The van der Waals surface area contributed by atoms with Gasteiger partial charge in [-0.3, -0.25) is 9.69 Å². The maximum atomic E-state index is 12.8. The summed E-state index contributed by atoms with van der Waals surface area (Å²) in [4.78, 5) is 27.4. The average Bonchev–Trinajstić information content (AvgIpc) is 3.04. The quantitative estimate of drug-likeness (QED) is 0.842. The van der Waals surface area contributed by atoms with Crippen LogP contribution in [0.5, 0.6) is 0 Å². The van der Waals surface area contributed by atoms with Crippen molar-refractivity contribution in [3.63, 3.8) is 0 Å². The van der Waals surface area contributed by atoms with Crippen molar-refractivity contribution < 1.29 is 19.4 Å². The number of rotatable bonds is 5. The molecule has 0 radical (unpaired) electrons. The summed E-state index contributed by atoms with van der Waals surface area (Å²) in [5.74, 6) is -0.741. The van der Waals surface area contributed by atoms with E-state index in [1.54, 1.807) is 4.90 Å². The van der Waals surface area contributed by atoms with Crippen LogP contribution < -0.4 is 0 Å². The maximum Gasteiger partial charge on any atom is 0.410 e. The third kappa shape index (κ3) is 3.98. The van der Waals surface area contributed by atoms with E-state index in [4.69, 9.17) is 9.84 Å². The van der Waals surface area contributed by atoms with E-state index < -0.39 is 5.97 Å². The number of amides is 1. The van der Waals surface area contributed by atoms with E-state index >= 15 is 0 Å². The largest absolute Gasteiger partial charge is 0.481 e. The maximum absolute atomic E-state index is 12.8. The summed E-state index contributed by atoms with van der Waals surface area (Å²) in [6.45, 7) is 4.70. The first-order valence-corrected chi connectivity index (χ1v) is 10.1. The Morgan fingerprint density at radius 3 is 2.24 bits per heavy atom. The van der Waals surface area contributed by atoms with Crippen LogP contribution in [-0.2, 0) is 9.53 Å². The lowest BCUT2D eigenvalue weighted by atomic mass is 9.98. The number of hydrogen-bond acceptors (Lipinski definition) is 4. The molecule has 0 bridgehead atoms. The van der Waals surface area contributed by atoms with Crippen molar-refractivity contribution in [2.75, 3.05) is 32.8 Å². The summed E-state index contributed by atoms with van der Waals surface area (Å²) in [5, 5.41) is 8.85. The second kappa shape index (κ2) is 8.25. The Hall–Kier alpha value is -2.86. The zero-order valence-corrected chi connectivity index (χ0v) is 16.6. The first-order chi connectivity index (χ1) is 14.0. The summed E-state index contributed by atoms with van der Waals surface area (Å²) in [6, 6.07) is 16.6. The van der Waals surface area contributed by atoms with Crippen molar-refractivity contribution in [2.45, 2.75) is 25.3 Å². The zero-order chi connectivity index (χ0) is 20.4. The number of piperazine rings is 1. The second-order valence-electron chi connectivity index (χ2n) is 7.79. The highest BCUT2D eigenvalue weighted by molar-refractivity contribution is 5.79. The minimum Gasteiger partial charge on any atom is -0.481 e. The van der Waals surface area contributed by atoms with Gasteiger partial charge in [0.05, 0.1) is 6.42 Å². The molecule has 6 nitrogen and oxygen atoms in total. The Morgan fingerprint density at radius 2 is 1.66 bits per heavy atom. The van der Waals surface area contributed by atoms with Crippen molar-refractivity contribution in [1.29, 1.82) is 0 Å². The van der Waals surface area contributed by atoms with Gasteiger partial charge in [-0.15, -0.1) is 0 Å². The van der Waals surface area contributed by atoms with Gasteiger partial charge in [0.1, 0.15) is 6.61 Å². The molecule has 1 saturated heterocycles. The smallest absolute Gasteiger partial charge is 0.410 e. The molecule has 2 aromatic rings. The molecule has 1 heterocycles. The lowest BCUT2D eigenvalue weighted by Crippen LogP contribution is -2.54. The van der Waals surface area contributed by atoms with Gasteiger partial charge in [-0.2, -0.15) is 0 Å². The Balaban J connectivity index is 1.39. The molecule has 29 heavy (non-hydrogen) atoms. The fraction of sp³-hybridized carbons (Fsp3) is 0.391. The monoisotopic (exact) mass is 394 g/mol. The molecule has 0 spiro atoms. The molecule has 1 aliphatic carbocycles. The summed E-state index contributed by atoms with van der Waals surface area (Å²) in [6.07, 6.45) is -0.172. The Bertz CT molecular complexity index is 868.